The van der Waals surface area contributed by atoms with E-state index in [2.05, 4.69) is 36.4 Å². The van der Waals surface area contributed by atoms with Gasteiger partial charge in [-0.05, 0) is 34.4 Å². The van der Waals surface area contributed by atoms with E-state index in [0.29, 0.717) is 0 Å². The zero-order valence-corrected chi connectivity index (χ0v) is 8.59. The summed E-state index contributed by atoms with van der Waals surface area (Å²) >= 11 is 0. The van der Waals surface area contributed by atoms with Crippen LogP contribution < -0.4 is 0 Å². The molecule has 4 aliphatic rings. The number of hydrogen-bond donors (Lipinski definition) is 0. The van der Waals surface area contributed by atoms with E-state index in [0.717, 1.165) is 0 Å². The van der Waals surface area contributed by atoms with Crippen molar-refractivity contribution in [3.63, 3.8) is 0 Å². The first-order valence-corrected chi connectivity index (χ1v) is 5.75. The molecule has 0 radical (unpaired) electrons. The maximum Gasteiger partial charge on any atom is 0.102 e. The van der Waals surface area contributed by atoms with Crippen LogP contribution in [-0.2, 0) is 9.47 Å². The molecule has 16 heavy (non-hydrogen) atoms. The van der Waals surface area contributed by atoms with Gasteiger partial charge < -0.3 is 9.47 Å². The van der Waals surface area contributed by atoms with Gasteiger partial charge in [-0.3, -0.25) is 0 Å². The summed E-state index contributed by atoms with van der Waals surface area (Å²) in [6, 6.07) is 4.57. The summed E-state index contributed by atoms with van der Waals surface area (Å²) in [5, 5.41) is 0. The number of fused-ring (bicyclic) bond motifs is 10. The third-order valence-electron chi connectivity index (χ3n) is 4.02. The maximum atomic E-state index is 5.84. The normalized spacial score (nSPS) is 39.5. The van der Waals surface area contributed by atoms with Gasteiger partial charge in [0.15, 0.2) is 0 Å². The smallest absolute Gasteiger partial charge is 0.102 e. The SMILES string of the molecule is C1=C[C@H]2O[C@@H]1c1cc3c(cc12)[C@@H]1C=C[C@H]3O1. The zero-order chi connectivity index (χ0) is 10.3. The first kappa shape index (κ1) is 7.82. The molecular formula is C14H10O2. The number of benzene rings is 1. The van der Waals surface area contributed by atoms with Gasteiger partial charge in [0.05, 0.1) is 0 Å². The highest BCUT2D eigenvalue weighted by Gasteiger charge is 2.40. The summed E-state index contributed by atoms with van der Waals surface area (Å²) < 4.78 is 11.7. The van der Waals surface area contributed by atoms with Crippen molar-refractivity contribution in [2.24, 2.45) is 0 Å². The maximum absolute atomic E-state index is 5.84. The number of rotatable bonds is 0. The Labute approximate surface area is 93.2 Å². The van der Waals surface area contributed by atoms with Crippen LogP contribution in [0, 0.1) is 0 Å². The van der Waals surface area contributed by atoms with Crippen molar-refractivity contribution in [2.45, 2.75) is 24.4 Å². The molecule has 0 fully saturated rings. The van der Waals surface area contributed by atoms with Gasteiger partial charge in [-0.1, -0.05) is 24.3 Å². The minimum Gasteiger partial charge on any atom is -0.357 e. The van der Waals surface area contributed by atoms with E-state index in [-0.39, 0.29) is 24.4 Å². The molecule has 0 spiro atoms. The van der Waals surface area contributed by atoms with Crippen molar-refractivity contribution < 1.29 is 9.47 Å². The summed E-state index contributed by atoms with van der Waals surface area (Å²) in [6.07, 6.45) is 9.38. The van der Waals surface area contributed by atoms with E-state index in [1.165, 1.54) is 22.3 Å². The highest BCUT2D eigenvalue weighted by atomic mass is 16.5. The fourth-order valence-corrected chi connectivity index (χ4v) is 3.26. The Morgan fingerprint density at radius 3 is 1.19 bits per heavy atom. The van der Waals surface area contributed by atoms with Gasteiger partial charge in [0, 0.05) is 0 Å². The van der Waals surface area contributed by atoms with Crippen LogP contribution in [0.2, 0.25) is 0 Å². The van der Waals surface area contributed by atoms with Crippen molar-refractivity contribution in [2.75, 3.05) is 0 Å². The topological polar surface area (TPSA) is 18.5 Å². The van der Waals surface area contributed by atoms with Gasteiger partial charge in [-0.2, -0.15) is 0 Å². The molecular weight excluding hydrogens is 200 g/mol. The van der Waals surface area contributed by atoms with Gasteiger partial charge in [-0.25, -0.2) is 0 Å². The second-order valence-electron chi connectivity index (χ2n) is 4.83. The third kappa shape index (κ3) is 0.721. The largest absolute Gasteiger partial charge is 0.357 e. The molecule has 78 valence electrons. The lowest BCUT2D eigenvalue weighted by molar-refractivity contribution is 0.0840. The van der Waals surface area contributed by atoms with Crippen LogP contribution in [0.4, 0.5) is 0 Å². The second-order valence-corrected chi connectivity index (χ2v) is 4.83. The van der Waals surface area contributed by atoms with Crippen LogP contribution in [-0.4, -0.2) is 0 Å². The fraction of sp³-hybridized carbons (Fsp3) is 0.286. The molecule has 0 N–H and O–H groups in total. The predicted molar refractivity (Wildman–Crippen MR) is 57.9 cm³/mol. The van der Waals surface area contributed by atoms with Crippen molar-refractivity contribution in [1.29, 1.82) is 0 Å². The molecule has 0 amide bonds. The monoisotopic (exact) mass is 210 g/mol. The standard InChI is InChI=1S/C14H10O2/c1-2-12-8-6-10-9(5-7(8)11(1)15-12)13-3-4-14(10)16-13/h1-6,11-14H/t11-,12+,13+,14-. The molecule has 0 aliphatic carbocycles. The van der Waals surface area contributed by atoms with E-state index in [4.69, 9.17) is 9.47 Å². The Morgan fingerprint density at radius 1 is 0.562 bits per heavy atom. The molecule has 2 heteroatoms. The summed E-state index contributed by atoms with van der Waals surface area (Å²) in [7, 11) is 0. The van der Waals surface area contributed by atoms with E-state index in [9.17, 15) is 0 Å². The number of ether oxygens (including phenoxy) is 2. The Bertz CT molecular complexity index is 476. The molecule has 0 unspecified atom stereocenters. The lowest BCUT2D eigenvalue weighted by atomic mass is 9.88. The minimum atomic E-state index is 0.188. The average Bonchev–Trinajstić information content (AvgIpc) is 3.07. The average molecular weight is 210 g/mol. The van der Waals surface area contributed by atoms with E-state index >= 15 is 0 Å². The summed E-state index contributed by atoms with van der Waals surface area (Å²) in [6.45, 7) is 0. The molecule has 5 rings (SSSR count). The zero-order valence-electron chi connectivity index (χ0n) is 8.59. The van der Waals surface area contributed by atoms with Gasteiger partial charge in [0.25, 0.3) is 0 Å². The molecule has 0 saturated carbocycles. The molecule has 1 aromatic carbocycles. The molecule has 0 saturated heterocycles. The number of hydrogen-bond acceptors (Lipinski definition) is 2. The predicted octanol–water partition coefficient (Wildman–Crippen LogP) is 3.05. The van der Waals surface area contributed by atoms with Crippen LogP contribution in [0.1, 0.15) is 46.7 Å². The van der Waals surface area contributed by atoms with Crippen molar-refractivity contribution in [1.82, 2.24) is 0 Å². The van der Waals surface area contributed by atoms with Gasteiger partial charge >= 0.3 is 0 Å². The molecule has 4 aliphatic heterocycles. The Hall–Kier alpha value is -1.38. The summed E-state index contributed by atoms with van der Waals surface area (Å²) in [4.78, 5) is 0. The summed E-state index contributed by atoms with van der Waals surface area (Å²) in [5.41, 5.74) is 5.37. The molecule has 0 aromatic heterocycles. The van der Waals surface area contributed by atoms with Crippen LogP contribution in [0.3, 0.4) is 0 Å². The Kier molecular flexibility index (Phi) is 1.13. The Morgan fingerprint density at radius 2 is 0.875 bits per heavy atom. The fourth-order valence-electron chi connectivity index (χ4n) is 3.26. The van der Waals surface area contributed by atoms with E-state index in [1.54, 1.807) is 0 Å². The lowest BCUT2D eigenvalue weighted by Crippen LogP contribution is -2.00. The first-order valence-electron chi connectivity index (χ1n) is 5.75. The van der Waals surface area contributed by atoms with Crippen molar-refractivity contribution in [3.05, 3.63) is 58.7 Å². The van der Waals surface area contributed by atoms with Gasteiger partial charge in [0.2, 0.25) is 0 Å². The van der Waals surface area contributed by atoms with Crippen LogP contribution >= 0.6 is 0 Å². The second kappa shape index (κ2) is 2.31. The van der Waals surface area contributed by atoms with E-state index in [1.807, 2.05) is 0 Å². The van der Waals surface area contributed by atoms with Crippen LogP contribution in [0.25, 0.3) is 0 Å². The third-order valence-corrected chi connectivity index (χ3v) is 4.02. The molecule has 4 bridgehead atoms. The minimum absolute atomic E-state index is 0.188. The van der Waals surface area contributed by atoms with Crippen LogP contribution in [0.5, 0.6) is 0 Å². The van der Waals surface area contributed by atoms with Gasteiger partial charge in [-0.15, -0.1) is 0 Å². The molecule has 4 atom stereocenters. The quantitative estimate of drug-likeness (QED) is 0.613. The first-order chi connectivity index (χ1) is 7.90. The highest BCUT2D eigenvalue weighted by molar-refractivity contribution is 5.53. The molecule has 2 nitrogen and oxygen atoms in total. The molecule has 1 aromatic rings. The summed E-state index contributed by atoms with van der Waals surface area (Å²) in [5.74, 6) is 0. The van der Waals surface area contributed by atoms with Crippen molar-refractivity contribution in [3.8, 4) is 0 Å². The Balaban J connectivity index is 1.80. The molecule has 4 heterocycles. The lowest BCUT2D eigenvalue weighted by Gasteiger charge is -2.13. The van der Waals surface area contributed by atoms with E-state index < -0.39 is 0 Å². The van der Waals surface area contributed by atoms with Gasteiger partial charge in [0.1, 0.15) is 24.4 Å². The highest BCUT2D eigenvalue weighted by Crippen LogP contribution is 2.52. The van der Waals surface area contributed by atoms with Crippen LogP contribution in [0.15, 0.2) is 36.4 Å². The van der Waals surface area contributed by atoms with Crippen molar-refractivity contribution >= 4 is 0 Å².